The van der Waals surface area contributed by atoms with E-state index in [1.807, 2.05) is 53.0 Å². The molecule has 1 saturated carbocycles. The molecule has 0 aliphatic heterocycles. The Bertz CT molecular complexity index is 1290. The van der Waals surface area contributed by atoms with Gasteiger partial charge in [0, 0.05) is 18.2 Å². The molecule has 0 saturated heterocycles. The molecule has 0 radical (unpaired) electrons. The zero-order valence-corrected chi connectivity index (χ0v) is 21.2. The van der Waals surface area contributed by atoms with Gasteiger partial charge in [0.25, 0.3) is 0 Å². The highest BCUT2D eigenvalue weighted by Crippen LogP contribution is 2.33. The Labute approximate surface area is 213 Å². The minimum Gasteiger partial charge on any atom is -0.497 e. The summed E-state index contributed by atoms with van der Waals surface area (Å²) >= 11 is 3.57. The third-order valence-corrected chi connectivity index (χ3v) is 7.09. The van der Waals surface area contributed by atoms with Gasteiger partial charge in [-0.2, -0.15) is 10.1 Å². The van der Waals surface area contributed by atoms with Crippen molar-refractivity contribution in [3.63, 3.8) is 0 Å². The Balaban J connectivity index is 1.47. The molecule has 7 nitrogen and oxygen atoms in total. The zero-order chi connectivity index (χ0) is 24.2. The molecule has 2 N–H and O–H groups in total. The summed E-state index contributed by atoms with van der Waals surface area (Å²) in [7, 11) is 1.67. The van der Waals surface area contributed by atoms with Crippen molar-refractivity contribution in [1.82, 2.24) is 19.9 Å². The zero-order valence-electron chi connectivity index (χ0n) is 19.7. The monoisotopic (exact) mass is 536 g/mol. The van der Waals surface area contributed by atoms with Crippen LogP contribution in [0, 0.1) is 5.92 Å². The highest BCUT2D eigenvalue weighted by molar-refractivity contribution is 9.10. The van der Waals surface area contributed by atoms with E-state index in [2.05, 4.69) is 37.4 Å². The molecule has 182 valence electrons. The van der Waals surface area contributed by atoms with Gasteiger partial charge < -0.3 is 19.9 Å². The number of para-hydroxylation sites is 1. The summed E-state index contributed by atoms with van der Waals surface area (Å²) in [4.78, 5) is 4.68. The number of nitrogens with zero attached hydrogens (tertiary/aromatic N) is 3. The van der Waals surface area contributed by atoms with Crippen LogP contribution in [0.4, 0.5) is 0 Å². The van der Waals surface area contributed by atoms with Gasteiger partial charge in [-0.15, -0.1) is 0 Å². The topological polar surface area (TPSA) is 80.9 Å². The molecule has 1 aliphatic rings. The van der Waals surface area contributed by atoms with Crippen LogP contribution in [0.25, 0.3) is 16.9 Å². The number of aromatic nitrogens is 3. The molecule has 0 atom stereocenters. The maximum atomic E-state index is 9.79. The normalized spacial score (nSPS) is 18.0. The van der Waals surface area contributed by atoms with E-state index >= 15 is 0 Å². The van der Waals surface area contributed by atoms with Gasteiger partial charge in [-0.05, 0) is 83.9 Å². The predicted molar refractivity (Wildman–Crippen MR) is 139 cm³/mol. The molecule has 1 aliphatic carbocycles. The van der Waals surface area contributed by atoms with Crippen LogP contribution in [-0.4, -0.2) is 39.5 Å². The van der Waals surface area contributed by atoms with Crippen molar-refractivity contribution in [3.8, 4) is 28.6 Å². The maximum absolute atomic E-state index is 9.79. The molecule has 35 heavy (non-hydrogen) atoms. The fourth-order valence-electron chi connectivity index (χ4n) is 4.60. The number of nitrogens with one attached hydrogen (secondary N) is 1. The van der Waals surface area contributed by atoms with Crippen molar-refractivity contribution in [2.75, 3.05) is 13.7 Å². The van der Waals surface area contributed by atoms with Crippen molar-refractivity contribution in [2.24, 2.45) is 5.92 Å². The summed E-state index contributed by atoms with van der Waals surface area (Å²) in [5.41, 5.74) is 3.67. The van der Waals surface area contributed by atoms with Crippen molar-refractivity contribution < 1.29 is 14.6 Å². The molecule has 0 bridgehead atoms. The number of fused-ring (bicyclic) bond motifs is 1. The summed E-state index contributed by atoms with van der Waals surface area (Å²) in [6.45, 7) is 1.64. The molecular formula is C27H29BrN4O3. The SMILES string of the molecule is COc1ccc(CNCC2CCC(O)CC2)c(-c2cc(Oc3ccccc3)nc3c(Br)cnn23)c1. The van der Waals surface area contributed by atoms with Gasteiger partial charge in [0.2, 0.25) is 5.88 Å². The van der Waals surface area contributed by atoms with E-state index in [0.717, 1.165) is 65.0 Å². The Morgan fingerprint density at radius 3 is 2.63 bits per heavy atom. The average Bonchev–Trinajstić information content (AvgIpc) is 3.26. The Morgan fingerprint density at radius 1 is 1.06 bits per heavy atom. The third-order valence-electron chi connectivity index (χ3n) is 6.53. The Morgan fingerprint density at radius 2 is 1.86 bits per heavy atom. The van der Waals surface area contributed by atoms with Crippen LogP contribution in [-0.2, 0) is 6.54 Å². The number of hydrogen-bond donors (Lipinski definition) is 2. The lowest BCUT2D eigenvalue weighted by Gasteiger charge is -2.25. The van der Waals surface area contributed by atoms with Gasteiger partial charge in [-0.1, -0.05) is 24.3 Å². The second-order valence-electron chi connectivity index (χ2n) is 8.95. The summed E-state index contributed by atoms with van der Waals surface area (Å²) in [5.74, 6) is 2.57. The Kier molecular flexibility index (Phi) is 7.32. The lowest BCUT2D eigenvalue weighted by atomic mass is 9.87. The lowest BCUT2D eigenvalue weighted by molar-refractivity contribution is 0.108. The highest BCUT2D eigenvalue weighted by Gasteiger charge is 2.20. The minimum atomic E-state index is -0.130. The molecule has 5 rings (SSSR count). The average molecular weight is 537 g/mol. The van der Waals surface area contributed by atoms with Gasteiger partial charge >= 0.3 is 0 Å². The van der Waals surface area contributed by atoms with Crippen LogP contribution in [0.1, 0.15) is 31.2 Å². The van der Waals surface area contributed by atoms with Crippen LogP contribution < -0.4 is 14.8 Å². The molecule has 0 amide bonds. The summed E-state index contributed by atoms with van der Waals surface area (Å²) in [6, 6.07) is 17.7. The first-order chi connectivity index (χ1) is 17.1. The number of hydrogen-bond acceptors (Lipinski definition) is 6. The number of halogens is 1. The first-order valence-electron chi connectivity index (χ1n) is 11.9. The van der Waals surface area contributed by atoms with Crippen LogP contribution in [0.15, 0.2) is 65.3 Å². The minimum absolute atomic E-state index is 0.130. The van der Waals surface area contributed by atoms with Crippen LogP contribution in [0.3, 0.4) is 0 Å². The third kappa shape index (κ3) is 5.50. The molecule has 2 heterocycles. The second-order valence-corrected chi connectivity index (χ2v) is 9.81. The fourth-order valence-corrected chi connectivity index (χ4v) is 4.95. The van der Waals surface area contributed by atoms with Crippen LogP contribution in [0.5, 0.6) is 17.4 Å². The van der Waals surface area contributed by atoms with Crippen molar-refractivity contribution >= 4 is 21.6 Å². The quantitative estimate of drug-likeness (QED) is 0.305. The van der Waals surface area contributed by atoms with E-state index in [1.165, 1.54) is 0 Å². The number of aliphatic hydroxyl groups is 1. The van der Waals surface area contributed by atoms with E-state index in [-0.39, 0.29) is 6.10 Å². The predicted octanol–water partition coefficient (Wildman–Crippen LogP) is 5.60. The molecule has 1 fully saturated rings. The standard InChI is InChI=1S/C27H29BrN4O3/c1-34-22-12-9-19(16-29-15-18-7-10-20(33)11-8-18)23(13-22)25-14-26(35-21-5-3-2-4-6-21)31-27-24(28)17-30-32(25)27/h2-6,9,12-14,17-18,20,29,33H,7-8,10-11,15-16H2,1H3. The first-order valence-corrected chi connectivity index (χ1v) is 12.7. The molecule has 0 unspecified atom stereocenters. The lowest BCUT2D eigenvalue weighted by Crippen LogP contribution is -2.27. The van der Waals surface area contributed by atoms with Crippen LogP contribution >= 0.6 is 15.9 Å². The van der Waals surface area contributed by atoms with E-state index < -0.39 is 0 Å². The number of ether oxygens (including phenoxy) is 2. The molecular weight excluding hydrogens is 508 g/mol. The molecule has 8 heteroatoms. The first kappa shape index (κ1) is 23.8. The smallest absolute Gasteiger partial charge is 0.223 e. The van der Waals surface area contributed by atoms with Gasteiger partial charge in [0.1, 0.15) is 11.5 Å². The number of rotatable bonds is 8. The number of aliphatic hydroxyl groups excluding tert-OH is 1. The summed E-state index contributed by atoms with van der Waals surface area (Å²) in [6.07, 6.45) is 5.54. The second kappa shape index (κ2) is 10.8. The fraction of sp³-hybridized carbons (Fsp3) is 0.333. The van der Waals surface area contributed by atoms with Gasteiger partial charge in [-0.3, -0.25) is 0 Å². The van der Waals surface area contributed by atoms with Crippen molar-refractivity contribution in [1.29, 1.82) is 0 Å². The van der Waals surface area contributed by atoms with Gasteiger partial charge in [0.15, 0.2) is 5.65 Å². The summed E-state index contributed by atoms with van der Waals surface area (Å²) in [5, 5.41) is 18.0. The largest absolute Gasteiger partial charge is 0.497 e. The maximum Gasteiger partial charge on any atom is 0.223 e. The van der Waals surface area contributed by atoms with Crippen molar-refractivity contribution in [3.05, 3.63) is 70.8 Å². The Hall–Kier alpha value is -2.94. The summed E-state index contributed by atoms with van der Waals surface area (Å²) < 4.78 is 14.3. The molecule has 2 aromatic heterocycles. The molecule has 0 spiro atoms. The van der Waals surface area contributed by atoms with E-state index in [4.69, 9.17) is 9.47 Å². The highest BCUT2D eigenvalue weighted by atomic mass is 79.9. The molecule has 2 aromatic carbocycles. The van der Waals surface area contributed by atoms with Gasteiger partial charge in [-0.25, -0.2) is 4.52 Å². The van der Waals surface area contributed by atoms with E-state index in [0.29, 0.717) is 24.0 Å². The van der Waals surface area contributed by atoms with E-state index in [1.54, 1.807) is 13.3 Å². The molecule has 4 aromatic rings. The van der Waals surface area contributed by atoms with Gasteiger partial charge in [0.05, 0.1) is 29.6 Å². The number of methoxy groups -OCH3 is 1. The number of benzene rings is 2. The van der Waals surface area contributed by atoms with Crippen LogP contribution in [0.2, 0.25) is 0 Å². The van der Waals surface area contributed by atoms with E-state index in [9.17, 15) is 5.11 Å². The van der Waals surface area contributed by atoms with Crippen molar-refractivity contribution in [2.45, 2.75) is 38.3 Å².